The highest BCUT2D eigenvalue weighted by Gasteiger charge is 2.18. The van der Waals surface area contributed by atoms with Gasteiger partial charge in [0.25, 0.3) is 0 Å². The molecule has 2 aromatic rings. The highest BCUT2D eigenvalue weighted by molar-refractivity contribution is 7.07. The van der Waals surface area contributed by atoms with Gasteiger partial charge in [-0.15, -0.1) is 0 Å². The van der Waals surface area contributed by atoms with E-state index in [0.29, 0.717) is 5.92 Å². The largest absolute Gasteiger partial charge is 0.484 e. The average Bonchev–Trinajstić information content (AvgIpc) is 2.89. The third-order valence-electron chi connectivity index (χ3n) is 3.16. The second-order valence-corrected chi connectivity index (χ2v) is 5.96. The molecule has 2 atom stereocenters. The number of ether oxygens (including phenoxy) is 1. The van der Waals surface area contributed by atoms with Crippen molar-refractivity contribution in [2.75, 3.05) is 0 Å². The number of benzene rings is 1. The first kappa shape index (κ1) is 14.1. The van der Waals surface area contributed by atoms with Gasteiger partial charge in [-0.05, 0) is 47.4 Å². The fraction of sp³-hybridized carbons (Fsp3) is 0.375. The minimum Gasteiger partial charge on any atom is -0.484 e. The number of hydrogen-bond acceptors (Lipinski definition) is 3. The Bertz CT molecular complexity index is 488. The van der Waals surface area contributed by atoms with Crippen LogP contribution >= 0.6 is 11.3 Å². The lowest BCUT2D eigenvalue weighted by Gasteiger charge is -2.22. The summed E-state index contributed by atoms with van der Waals surface area (Å²) in [5, 5.41) is 4.15. The molecule has 0 bridgehead atoms. The second kappa shape index (κ2) is 6.22. The molecule has 2 unspecified atom stereocenters. The number of hydrogen-bond donors (Lipinski definition) is 1. The van der Waals surface area contributed by atoms with Gasteiger partial charge in [0.05, 0.1) is 0 Å². The Morgan fingerprint density at radius 2 is 1.68 bits per heavy atom. The molecule has 0 aliphatic rings. The Hall–Kier alpha value is -1.32. The van der Waals surface area contributed by atoms with Crippen molar-refractivity contribution in [2.24, 2.45) is 5.73 Å². The van der Waals surface area contributed by atoms with E-state index in [1.807, 2.05) is 19.1 Å². The maximum Gasteiger partial charge on any atom is 0.139 e. The molecule has 0 saturated heterocycles. The first-order valence-corrected chi connectivity index (χ1v) is 7.56. The lowest BCUT2D eigenvalue weighted by molar-refractivity contribution is 0.181. The van der Waals surface area contributed by atoms with Crippen LogP contribution in [0, 0.1) is 0 Å². The van der Waals surface area contributed by atoms with Gasteiger partial charge < -0.3 is 10.5 Å². The van der Waals surface area contributed by atoms with E-state index in [-0.39, 0.29) is 12.1 Å². The zero-order valence-electron chi connectivity index (χ0n) is 11.7. The third-order valence-corrected chi connectivity index (χ3v) is 3.86. The topological polar surface area (TPSA) is 35.2 Å². The fourth-order valence-corrected chi connectivity index (χ4v) is 2.68. The van der Waals surface area contributed by atoms with Crippen LogP contribution in [-0.2, 0) is 0 Å². The molecular weight excluding hydrogens is 254 g/mol. The van der Waals surface area contributed by atoms with Gasteiger partial charge in [-0.1, -0.05) is 26.0 Å². The predicted molar refractivity (Wildman–Crippen MR) is 81.9 cm³/mol. The molecule has 0 saturated carbocycles. The van der Waals surface area contributed by atoms with Crippen molar-refractivity contribution in [2.45, 2.75) is 38.8 Å². The molecule has 0 radical (unpaired) electrons. The Labute approximate surface area is 119 Å². The maximum absolute atomic E-state index is 6.04. The Morgan fingerprint density at radius 3 is 2.16 bits per heavy atom. The van der Waals surface area contributed by atoms with Crippen LogP contribution < -0.4 is 10.5 Å². The number of nitrogens with two attached hydrogens (primary N) is 1. The van der Waals surface area contributed by atoms with Gasteiger partial charge in [0.1, 0.15) is 11.9 Å². The number of rotatable bonds is 5. The molecule has 0 aliphatic heterocycles. The standard InChI is InChI=1S/C16H21NOS/c1-11(2)13-4-6-15(7-5-13)18-16(12(3)17)14-8-9-19-10-14/h4-12,16H,17H2,1-3H3. The van der Waals surface area contributed by atoms with E-state index in [2.05, 4.69) is 42.8 Å². The minimum absolute atomic E-state index is 0.0422. The molecule has 0 spiro atoms. The molecule has 1 heterocycles. The molecule has 19 heavy (non-hydrogen) atoms. The number of thiophene rings is 1. The van der Waals surface area contributed by atoms with Crippen LogP contribution in [0.15, 0.2) is 41.1 Å². The highest BCUT2D eigenvalue weighted by atomic mass is 32.1. The lowest BCUT2D eigenvalue weighted by atomic mass is 10.0. The van der Waals surface area contributed by atoms with Gasteiger partial charge in [0.15, 0.2) is 0 Å². The lowest BCUT2D eigenvalue weighted by Crippen LogP contribution is -2.28. The quantitative estimate of drug-likeness (QED) is 0.881. The van der Waals surface area contributed by atoms with E-state index < -0.39 is 0 Å². The third kappa shape index (κ3) is 3.58. The summed E-state index contributed by atoms with van der Waals surface area (Å²) < 4.78 is 6.04. The minimum atomic E-state index is -0.0869. The zero-order valence-corrected chi connectivity index (χ0v) is 12.5. The van der Waals surface area contributed by atoms with Crippen LogP contribution in [0.25, 0.3) is 0 Å². The summed E-state index contributed by atoms with van der Waals surface area (Å²) >= 11 is 1.67. The average molecular weight is 275 g/mol. The summed E-state index contributed by atoms with van der Waals surface area (Å²) in [6.45, 7) is 6.35. The van der Waals surface area contributed by atoms with Crippen molar-refractivity contribution in [3.63, 3.8) is 0 Å². The molecule has 3 heteroatoms. The van der Waals surface area contributed by atoms with Crippen LogP contribution in [0.4, 0.5) is 0 Å². The molecule has 0 aliphatic carbocycles. The summed E-state index contributed by atoms with van der Waals surface area (Å²) in [6, 6.07) is 10.3. The first-order chi connectivity index (χ1) is 9.08. The van der Waals surface area contributed by atoms with Crippen LogP contribution in [0.2, 0.25) is 0 Å². The van der Waals surface area contributed by atoms with Crippen LogP contribution in [0.5, 0.6) is 5.75 Å². The normalized spacial score (nSPS) is 14.4. The highest BCUT2D eigenvalue weighted by Crippen LogP contribution is 2.27. The Morgan fingerprint density at radius 1 is 1.00 bits per heavy atom. The molecule has 0 fully saturated rings. The van der Waals surface area contributed by atoms with Gasteiger partial charge in [0.2, 0.25) is 0 Å². The maximum atomic E-state index is 6.04. The Balaban J connectivity index is 2.13. The molecule has 1 aromatic carbocycles. The SMILES string of the molecule is CC(C)c1ccc(OC(c2ccsc2)C(C)N)cc1. The Kier molecular flexibility index (Phi) is 4.61. The molecule has 2 nitrogen and oxygen atoms in total. The van der Waals surface area contributed by atoms with E-state index in [4.69, 9.17) is 10.5 Å². The first-order valence-electron chi connectivity index (χ1n) is 6.62. The van der Waals surface area contributed by atoms with Gasteiger partial charge in [-0.25, -0.2) is 0 Å². The summed E-state index contributed by atoms with van der Waals surface area (Å²) in [6.07, 6.45) is -0.0869. The smallest absolute Gasteiger partial charge is 0.139 e. The van der Waals surface area contributed by atoms with Crippen LogP contribution in [0.1, 0.15) is 43.9 Å². The van der Waals surface area contributed by atoms with Gasteiger partial charge in [-0.2, -0.15) is 11.3 Å². The molecule has 1 aromatic heterocycles. The fourth-order valence-electron chi connectivity index (χ4n) is 1.99. The van der Waals surface area contributed by atoms with E-state index >= 15 is 0 Å². The zero-order chi connectivity index (χ0) is 13.8. The molecule has 2 N–H and O–H groups in total. The van der Waals surface area contributed by atoms with E-state index in [1.54, 1.807) is 11.3 Å². The van der Waals surface area contributed by atoms with Crippen molar-refractivity contribution < 1.29 is 4.74 Å². The monoisotopic (exact) mass is 275 g/mol. The summed E-state index contributed by atoms with van der Waals surface area (Å²) in [7, 11) is 0. The second-order valence-electron chi connectivity index (χ2n) is 5.18. The predicted octanol–water partition coefficient (Wildman–Crippen LogP) is 4.34. The van der Waals surface area contributed by atoms with Crippen molar-refractivity contribution in [3.8, 4) is 5.75 Å². The van der Waals surface area contributed by atoms with Gasteiger partial charge in [0, 0.05) is 11.6 Å². The van der Waals surface area contributed by atoms with Crippen molar-refractivity contribution in [3.05, 3.63) is 52.2 Å². The molecule has 2 rings (SSSR count). The van der Waals surface area contributed by atoms with Gasteiger partial charge in [-0.3, -0.25) is 0 Å². The summed E-state index contributed by atoms with van der Waals surface area (Å²) in [5.41, 5.74) is 8.50. The summed E-state index contributed by atoms with van der Waals surface area (Å²) in [4.78, 5) is 0. The summed E-state index contributed by atoms with van der Waals surface area (Å²) in [5.74, 6) is 1.41. The molecule has 0 amide bonds. The van der Waals surface area contributed by atoms with Crippen molar-refractivity contribution >= 4 is 11.3 Å². The van der Waals surface area contributed by atoms with E-state index in [1.165, 1.54) is 5.56 Å². The van der Waals surface area contributed by atoms with Gasteiger partial charge >= 0.3 is 0 Å². The van der Waals surface area contributed by atoms with Crippen LogP contribution in [0.3, 0.4) is 0 Å². The molecule has 102 valence electrons. The van der Waals surface area contributed by atoms with Crippen molar-refractivity contribution in [1.82, 2.24) is 0 Å². The van der Waals surface area contributed by atoms with Crippen molar-refractivity contribution in [1.29, 1.82) is 0 Å². The van der Waals surface area contributed by atoms with E-state index in [9.17, 15) is 0 Å². The molecular formula is C16H21NOS. The van der Waals surface area contributed by atoms with E-state index in [0.717, 1.165) is 11.3 Å². The van der Waals surface area contributed by atoms with Crippen LogP contribution in [-0.4, -0.2) is 6.04 Å².